The van der Waals surface area contributed by atoms with E-state index in [-0.39, 0.29) is 5.91 Å². The number of halogens is 2. The average Bonchev–Trinajstić information content (AvgIpc) is 2.94. The molecule has 0 aliphatic heterocycles. The molecule has 2 aromatic rings. The Hall–Kier alpha value is -1.78. The first-order valence-electron chi connectivity index (χ1n) is 6.50. The van der Waals surface area contributed by atoms with Gasteiger partial charge in [0.15, 0.2) is 0 Å². The van der Waals surface area contributed by atoms with E-state index in [9.17, 15) is 4.79 Å². The molecule has 110 valence electrons. The van der Waals surface area contributed by atoms with Crippen molar-refractivity contribution in [2.75, 3.05) is 0 Å². The van der Waals surface area contributed by atoms with E-state index >= 15 is 0 Å². The number of carbonyl (C=O) groups excluding carboxylic acids is 1. The number of carbonyl (C=O) groups is 1. The zero-order valence-corrected chi connectivity index (χ0v) is 13.0. The van der Waals surface area contributed by atoms with Crippen molar-refractivity contribution in [3.63, 3.8) is 0 Å². The highest BCUT2D eigenvalue weighted by atomic mass is 35.5. The molecule has 1 N–H and O–H groups in total. The Morgan fingerprint density at radius 3 is 2.86 bits per heavy atom. The van der Waals surface area contributed by atoms with Crippen LogP contribution in [0.2, 0.25) is 10.0 Å². The van der Waals surface area contributed by atoms with Crippen LogP contribution in [0.1, 0.15) is 18.1 Å². The van der Waals surface area contributed by atoms with Gasteiger partial charge in [0.2, 0.25) is 5.91 Å². The van der Waals surface area contributed by atoms with Gasteiger partial charge in [-0.3, -0.25) is 9.48 Å². The third-order valence-electron chi connectivity index (χ3n) is 2.86. The molecule has 2 rings (SSSR count). The molecule has 1 heterocycles. The lowest BCUT2D eigenvalue weighted by molar-refractivity contribution is -0.116. The summed E-state index contributed by atoms with van der Waals surface area (Å²) >= 11 is 11.8. The lowest BCUT2D eigenvalue weighted by Gasteiger charge is -2.04. The van der Waals surface area contributed by atoms with Gasteiger partial charge in [-0.15, -0.1) is 0 Å². The highest BCUT2D eigenvalue weighted by molar-refractivity contribution is 6.42. The van der Waals surface area contributed by atoms with Crippen molar-refractivity contribution in [2.45, 2.75) is 20.0 Å². The summed E-state index contributed by atoms with van der Waals surface area (Å²) in [4.78, 5) is 11.7. The van der Waals surface area contributed by atoms with E-state index in [0.29, 0.717) is 16.6 Å². The molecule has 0 radical (unpaired) electrons. The van der Waals surface area contributed by atoms with E-state index < -0.39 is 0 Å². The fourth-order valence-electron chi connectivity index (χ4n) is 1.71. The second kappa shape index (κ2) is 7.29. The molecule has 1 amide bonds. The zero-order chi connectivity index (χ0) is 15.2. The van der Waals surface area contributed by atoms with E-state index in [2.05, 4.69) is 10.4 Å². The summed E-state index contributed by atoms with van der Waals surface area (Å²) in [5.74, 6) is -0.176. The maximum Gasteiger partial charge on any atom is 0.244 e. The van der Waals surface area contributed by atoms with Crippen LogP contribution in [0, 0.1) is 0 Å². The molecule has 0 unspecified atom stereocenters. The van der Waals surface area contributed by atoms with Crippen LogP contribution in [-0.2, 0) is 17.9 Å². The molecule has 4 nitrogen and oxygen atoms in total. The van der Waals surface area contributed by atoms with Crippen LogP contribution in [0.15, 0.2) is 36.7 Å². The Bertz CT molecular complexity index is 665. The van der Waals surface area contributed by atoms with Gasteiger partial charge in [-0.25, -0.2) is 0 Å². The van der Waals surface area contributed by atoms with Crippen LogP contribution in [0.3, 0.4) is 0 Å². The van der Waals surface area contributed by atoms with Crippen molar-refractivity contribution < 1.29 is 4.79 Å². The first kappa shape index (κ1) is 15.6. The summed E-state index contributed by atoms with van der Waals surface area (Å²) in [7, 11) is 0. The van der Waals surface area contributed by atoms with E-state index in [4.69, 9.17) is 23.2 Å². The molecular formula is C15H15Cl2N3O. The number of nitrogens with one attached hydrogen (secondary N) is 1. The first-order chi connectivity index (χ1) is 10.1. The van der Waals surface area contributed by atoms with E-state index in [0.717, 1.165) is 17.7 Å². The number of benzene rings is 1. The standard InChI is InChI=1S/C15H15Cl2N3O/c1-2-20-10-12(9-19-20)4-6-15(21)18-8-11-3-5-13(16)14(17)7-11/h3-7,9-10H,2,8H2,1H3,(H,18,21)/b6-4-. The quantitative estimate of drug-likeness (QED) is 0.855. The van der Waals surface area contributed by atoms with Gasteiger partial charge in [0.05, 0.1) is 16.2 Å². The number of hydrogen-bond donors (Lipinski definition) is 1. The minimum atomic E-state index is -0.176. The van der Waals surface area contributed by atoms with Crippen LogP contribution in [0.4, 0.5) is 0 Å². The predicted octanol–water partition coefficient (Wildman–Crippen LogP) is 3.54. The molecule has 0 aliphatic carbocycles. The number of aryl methyl sites for hydroxylation is 1. The first-order valence-corrected chi connectivity index (χ1v) is 7.26. The fourth-order valence-corrected chi connectivity index (χ4v) is 2.03. The number of nitrogens with zero attached hydrogens (tertiary/aromatic N) is 2. The lowest BCUT2D eigenvalue weighted by atomic mass is 10.2. The molecule has 6 heteroatoms. The second-order valence-electron chi connectivity index (χ2n) is 4.43. The monoisotopic (exact) mass is 323 g/mol. The summed E-state index contributed by atoms with van der Waals surface area (Å²) in [6.07, 6.45) is 6.80. The van der Waals surface area contributed by atoms with Gasteiger partial charge in [-0.2, -0.15) is 5.10 Å². The van der Waals surface area contributed by atoms with Crippen molar-refractivity contribution in [2.24, 2.45) is 0 Å². The minimum Gasteiger partial charge on any atom is -0.348 e. The smallest absolute Gasteiger partial charge is 0.244 e. The van der Waals surface area contributed by atoms with Crippen LogP contribution in [0.25, 0.3) is 6.08 Å². The number of hydrogen-bond acceptors (Lipinski definition) is 2. The average molecular weight is 324 g/mol. The Kier molecular flexibility index (Phi) is 5.42. The summed E-state index contributed by atoms with van der Waals surface area (Å²) in [5, 5.41) is 7.89. The Labute approximate surface area is 133 Å². The molecule has 1 aromatic carbocycles. The van der Waals surface area contributed by atoms with E-state index in [1.54, 1.807) is 29.1 Å². The van der Waals surface area contributed by atoms with Crippen molar-refractivity contribution in [3.05, 3.63) is 57.8 Å². The second-order valence-corrected chi connectivity index (χ2v) is 5.24. The lowest BCUT2D eigenvalue weighted by Crippen LogP contribution is -2.20. The van der Waals surface area contributed by atoms with Crippen molar-refractivity contribution in [1.82, 2.24) is 15.1 Å². The van der Waals surface area contributed by atoms with Crippen molar-refractivity contribution in [1.29, 1.82) is 0 Å². The largest absolute Gasteiger partial charge is 0.348 e. The topological polar surface area (TPSA) is 46.9 Å². The maximum absolute atomic E-state index is 11.7. The van der Waals surface area contributed by atoms with E-state index in [1.807, 2.05) is 19.2 Å². The highest BCUT2D eigenvalue weighted by Crippen LogP contribution is 2.22. The predicted molar refractivity (Wildman–Crippen MR) is 85.2 cm³/mol. The molecule has 21 heavy (non-hydrogen) atoms. The third-order valence-corrected chi connectivity index (χ3v) is 3.59. The molecule has 0 fully saturated rings. The SMILES string of the molecule is CCn1cc(/C=C\C(=O)NCc2ccc(Cl)c(Cl)c2)cn1. The van der Waals surface area contributed by atoms with Gasteiger partial charge in [-0.05, 0) is 30.7 Å². The van der Waals surface area contributed by atoms with Crippen LogP contribution in [-0.4, -0.2) is 15.7 Å². The number of rotatable bonds is 5. The molecule has 0 aliphatic rings. The normalized spacial score (nSPS) is 11.0. The summed E-state index contributed by atoms with van der Waals surface area (Å²) < 4.78 is 1.80. The number of amides is 1. The molecule has 0 bridgehead atoms. The minimum absolute atomic E-state index is 0.176. The summed E-state index contributed by atoms with van der Waals surface area (Å²) in [6.45, 7) is 3.20. The molecule has 1 aromatic heterocycles. The van der Waals surface area contributed by atoms with Crippen LogP contribution < -0.4 is 5.32 Å². The van der Waals surface area contributed by atoms with Gasteiger partial charge in [0.1, 0.15) is 0 Å². The van der Waals surface area contributed by atoms with Gasteiger partial charge in [-0.1, -0.05) is 29.3 Å². The Morgan fingerprint density at radius 2 is 2.19 bits per heavy atom. The van der Waals surface area contributed by atoms with Gasteiger partial charge in [0, 0.05) is 30.9 Å². The van der Waals surface area contributed by atoms with Crippen LogP contribution >= 0.6 is 23.2 Å². The molecular weight excluding hydrogens is 309 g/mol. The van der Waals surface area contributed by atoms with Crippen LogP contribution in [0.5, 0.6) is 0 Å². The van der Waals surface area contributed by atoms with Crippen molar-refractivity contribution in [3.8, 4) is 0 Å². The van der Waals surface area contributed by atoms with E-state index in [1.165, 1.54) is 6.08 Å². The molecule has 0 atom stereocenters. The Balaban J connectivity index is 1.88. The maximum atomic E-state index is 11.7. The molecule has 0 saturated carbocycles. The van der Waals surface area contributed by atoms with Gasteiger partial charge < -0.3 is 5.32 Å². The summed E-state index contributed by atoms with van der Waals surface area (Å²) in [6, 6.07) is 5.27. The molecule has 0 spiro atoms. The zero-order valence-electron chi connectivity index (χ0n) is 11.5. The number of aromatic nitrogens is 2. The fraction of sp³-hybridized carbons (Fsp3) is 0.200. The van der Waals surface area contributed by atoms with Gasteiger partial charge in [0.25, 0.3) is 0 Å². The Morgan fingerprint density at radius 1 is 1.38 bits per heavy atom. The highest BCUT2D eigenvalue weighted by Gasteiger charge is 2.01. The third kappa shape index (κ3) is 4.62. The summed E-state index contributed by atoms with van der Waals surface area (Å²) in [5.41, 5.74) is 1.78. The molecule has 0 saturated heterocycles. The van der Waals surface area contributed by atoms with Crippen molar-refractivity contribution >= 4 is 35.2 Å². The van der Waals surface area contributed by atoms with Gasteiger partial charge >= 0.3 is 0 Å².